The molecule has 7 nitrogen and oxygen atoms in total. The van der Waals surface area contributed by atoms with Crippen molar-refractivity contribution in [1.29, 1.82) is 0 Å². The summed E-state index contributed by atoms with van der Waals surface area (Å²) in [6.45, 7) is 10.4. The average molecular weight is 295 g/mol. The number of ether oxygens (including phenoxy) is 1. The fraction of sp³-hybridized carbons (Fsp3) is 0.786. The number of hydrogen-bond donors (Lipinski definition) is 1. The Hall–Kier alpha value is -1.63. The van der Waals surface area contributed by atoms with Crippen molar-refractivity contribution in [3.05, 3.63) is 11.6 Å². The number of carbonyl (C=O) groups excluding carboxylic acids is 1. The minimum atomic E-state index is -0.198. The predicted molar refractivity (Wildman–Crippen MR) is 78.8 cm³/mol. The number of aromatic nitrogens is 3. The first-order valence-electron chi connectivity index (χ1n) is 7.62. The van der Waals surface area contributed by atoms with Gasteiger partial charge in [0.2, 0.25) is 0 Å². The predicted octanol–water partition coefficient (Wildman–Crippen LogP) is 1.28. The maximum absolute atomic E-state index is 11.9. The molecule has 0 unspecified atom stereocenters. The second-order valence-corrected chi connectivity index (χ2v) is 5.79. The van der Waals surface area contributed by atoms with Crippen LogP contribution in [0.25, 0.3) is 0 Å². The number of piperazine rings is 1. The monoisotopic (exact) mass is 295 g/mol. The molecule has 1 saturated heterocycles. The zero-order valence-electron chi connectivity index (χ0n) is 13.1. The number of aryl methyl sites for hydroxylation is 1. The summed E-state index contributed by atoms with van der Waals surface area (Å²) in [5.74, 6) is 2.11. The maximum Gasteiger partial charge on any atom is 0.409 e. The van der Waals surface area contributed by atoms with E-state index in [-0.39, 0.29) is 6.09 Å². The van der Waals surface area contributed by atoms with Crippen molar-refractivity contribution in [3.8, 4) is 0 Å². The van der Waals surface area contributed by atoms with Gasteiger partial charge in [-0.1, -0.05) is 20.8 Å². The van der Waals surface area contributed by atoms with Crippen molar-refractivity contribution >= 4 is 6.09 Å². The third-order valence-corrected chi connectivity index (χ3v) is 3.44. The number of carbonyl (C=O) groups is 1. The van der Waals surface area contributed by atoms with Crippen molar-refractivity contribution < 1.29 is 9.53 Å². The Labute approximate surface area is 125 Å². The number of nitrogens with zero attached hydrogens (tertiary/aromatic N) is 4. The lowest BCUT2D eigenvalue weighted by Gasteiger charge is -2.33. The van der Waals surface area contributed by atoms with Crippen molar-refractivity contribution in [3.63, 3.8) is 0 Å². The largest absolute Gasteiger partial charge is 0.449 e. The van der Waals surface area contributed by atoms with Crippen molar-refractivity contribution in [2.45, 2.75) is 33.7 Å². The molecule has 0 bridgehead atoms. The molecule has 1 aliphatic rings. The molecule has 0 atom stereocenters. The molecule has 0 saturated carbocycles. The van der Waals surface area contributed by atoms with Gasteiger partial charge in [-0.05, 0) is 5.92 Å². The molecule has 1 amide bonds. The molecular formula is C14H25N5O2. The van der Waals surface area contributed by atoms with E-state index < -0.39 is 0 Å². The summed E-state index contributed by atoms with van der Waals surface area (Å²) in [5.41, 5.74) is 0. The highest BCUT2D eigenvalue weighted by Crippen LogP contribution is 2.08. The van der Waals surface area contributed by atoms with Crippen LogP contribution < -0.4 is 0 Å². The zero-order chi connectivity index (χ0) is 15.2. The second kappa shape index (κ2) is 7.40. The molecule has 0 aromatic carbocycles. The van der Waals surface area contributed by atoms with E-state index >= 15 is 0 Å². The highest BCUT2D eigenvalue weighted by atomic mass is 16.6. The first-order valence-corrected chi connectivity index (χ1v) is 7.62. The van der Waals surface area contributed by atoms with E-state index in [4.69, 9.17) is 4.74 Å². The third-order valence-electron chi connectivity index (χ3n) is 3.44. The molecule has 1 aromatic heterocycles. The van der Waals surface area contributed by atoms with Crippen LogP contribution in [0.4, 0.5) is 4.79 Å². The number of rotatable bonds is 5. The Morgan fingerprint density at radius 2 is 2.05 bits per heavy atom. The summed E-state index contributed by atoms with van der Waals surface area (Å²) < 4.78 is 5.25. The Kier molecular flexibility index (Phi) is 5.55. The highest BCUT2D eigenvalue weighted by molar-refractivity contribution is 5.67. The third kappa shape index (κ3) is 4.70. The molecule has 1 fully saturated rings. The van der Waals surface area contributed by atoms with Crippen LogP contribution in [0.3, 0.4) is 0 Å². The Balaban J connectivity index is 1.73. The second-order valence-electron chi connectivity index (χ2n) is 5.79. The molecule has 1 aliphatic heterocycles. The van der Waals surface area contributed by atoms with E-state index in [2.05, 4.69) is 20.1 Å². The van der Waals surface area contributed by atoms with Gasteiger partial charge in [0.1, 0.15) is 11.6 Å². The van der Waals surface area contributed by atoms with E-state index in [0.717, 1.165) is 37.7 Å². The van der Waals surface area contributed by atoms with Crippen molar-refractivity contribution in [1.82, 2.24) is 25.0 Å². The summed E-state index contributed by atoms with van der Waals surface area (Å²) in [4.78, 5) is 20.3. The Morgan fingerprint density at radius 3 is 2.62 bits per heavy atom. The number of H-pyrrole nitrogens is 1. The van der Waals surface area contributed by atoms with Gasteiger partial charge in [-0.3, -0.25) is 10.00 Å². The van der Waals surface area contributed by atoms with Crippen LogP contribution in [-0.4, -0.2) is 63.9 Å². The number of amides is 1. The Morgan fingerprint density at radius 1 is 1.33 bits per heavy atom. The molecule has 0 aliphatic carbocycles. The molecule has 118 valence electrons. The van der Waals surface area contributed by atoms with Gasteiger partial charge in [0, 0.05) is 32.6 Å². The lowest BCUT2D eigenvalue weighted by atomic mass is 10.2. The topological polar surface area (TPSA) is 74.4 Å². The zero-order valence-corrected chi connectivity index (χ0v) is 13.1. The smallest absolute Gasteiger partial charge is 0.409 e. The van der Waals surface area contributed by atoms with Crippen LogP contribution in [0.5, 0.6) is 0 Å². The molecule has 21 heavy (non-hydrogen) atoms. The van der Waals surface area contributed by atoms with E-state index in [0.29, 0.717) is 25.6 Å². The number of nitrogens with one attached hydrogen (secondary N) is 1. The maximum atomic E-state index is 11.9. The van der Waals surface area contributed by atoms with E-state index in [1.54, 1.807) is 4.90 Å². The van der Waals surface area contributed by atoms with Gasteiger partial charge in [-0.15, -0.1) is 0 Å². The number of aromatic amines is 1. The molecule has 0 spiro atoms. The number of hydrogen-bond acceptors (Lipinski definition) is 5. The average Bonchev–Trinajstić information content (AvgIpc) is 2.93. The van der Waals surface area contributed by atoms with Gasteiger partial charge in [0.05, 0.1) is 13.2 Å². The summed E-state index contributed by atoms with van der Waals surface area (Å²) in [7, 11) is 0. The first-order chi connectivity index (χ1) is 10.1. The Bertz CT molecular complexity index is 452. The molecule has 1 N–H and O–H groups in total. The minimum absolute atomic E-state index is 0.198. The van der Waals surface area contributed by atoms with E-state index in [1.165, 1.54) is 0 Å². The molecule has 2 rings (SSSR count). The SMILES string of the molecule is CCc1n[nH]c(CN2CCN(C(=O)OCC(C)C)CC2)n1. The van der Waals surface area contributed by atoms with Gasteiger partial charge in [0.15, 0.2) is 0 Å². The van der Waals surface area contributed by atoms with E-state index in [1.807, 2.05) is 20.8 Å². The van der Waals surface area contributed by atoms with Crippen LogP contribution in [-0.2, 0) is 17.7 Å². The van der Waals surface area contributed by atoms with Crippen LogP contribution >= 0.6 is 0 Å². The van der Waals surface area contributed by atoms with Gasteiger partial charge in [-0.2, -0.15) is 5.10 Å². The fourth-order valence-electron chi connectivity index (χ4n) is 2.19. The molecule has 0 radical (unpaired) electrons. The van der Waals surface area contributed by atoms with E-state index in [9.17, 15) is 4.79 Å². The standard InChI is InChI=1S/C14H25N5O2/c1-4-12-15-13(17-16-12)9-18-5-7-19(8-6-18)14(20)21-10-11(2)3/h11H,4-10H2,1-3H3,(H,15,16,17). The molecule has 1 aromatic rings. The van der Waals surface area contributed by atoms with Gasteiger partial charge < -0.3 is 9.64 Å². The summed E-state index contributed by atoms with van der Waals surface area (Å²) >= 11 is 0. The lowest BCUT2D eigenvalue weighted by Crippen LogP contribution is -2.48. The van der Waals surface area contributed by atoms with Crippen LogP contribution in [0, 0.1) is 5.92 Å². The summed E-state index contributed by atoms with van der Waals surface area (Å²) in [6.07, 6.45) is 0.641. The molecule has 7 heteroatoms. The normalized spacial score (nSPS) is 16.5. The quantitative estimate of drug-likeness (QED) is 0.885. The lowest BCUT2D eigenvalue weighted by molar-refractivity contribution is 0.0670. The van der Waals surface area contributed by atoms with Gasteiger partial charge in [-0.25, -0.2) is 9.78 Å². The van der Waals surface area contributed by atoms with Crippen molar-refractivity contribution in [2.75, 3.05) is 32.8 Å². The van der Waals surface area contributed by atoms with Crippen LogP contribution in [0.2, 0.25) is 0 Å². The van der Waals surface area contributed by atoms with Gasteiger partial charge in [0.25, 0.3) is 0 Å². The minimum Gasteiger partial charge on any atom is -0.449 e. The summed E-state index contributed by atoms with van der Waals surface area (Å²) in [6, 6.07) is 0. The molecular weight excluding hydrogens is 270 g/mol. The first kappa shape index (κ1) is 15.8. The van der Waals surface area contributed by atoms with Crippen LogP contribution in [0.15, 0.2) is 0 Å². The van der Waals surface area contributed by atoms with Gasteiger partial charge >= 0.3 is 6.09 Å². The van der Waals surface area contributed by atoms with Crippen molar-refractivity contribution in [2.24, 2.45) is 5.92 Å². The molecule has 2 heterocycles. The highest BCUT2D eigenvalue weighted by Gasteiger charge is 2.22. The summed E-state index contributed by atoms with van der Waals surface area (Å²) in [5, 5.41) is 7.10. The van der Waals surface area contributed by atoms with Crippen LogP contribution in [0.1, 0.15) is 32.4 Å². The fourth-order valence-corrected chi connectivity index (χ4v) is 2.19.